The van der Waals surface area contributed by atoms with Gasteiger partial charge in [0.15, 0.2) is 5.82 Å². The molecule has 2 heterocycles. The standard InChI is InChI=1S/C21H23F2N5O3.C3H8O/c1-13-17(11-24)20(25-14-4-2-7-28(12-14)8-3-9-29)27-26-19(13)16-6-5-15(10-18(16)30)31-21(22)23;1-3-4-2/h5-6,9-10,14,21,30H,2-4,7-8,12H2,1H3,(H,25,27);3H2,1-2H3. The van der Waals surface area contributed by atoms with Crippen molar-refractivity contribution in [2.45, 2.75) is 45.8 Å². The lowest BCUT2D eigenvalue weighted by molar-refractivity contribution is -0.108. The number of likely N-dealkylation sites (tertiary alicyclic amines) is 1. The van der Waals surface area contributed by atoms with Gasteiger partial charge >= 0.3 is 6.61 Å². The van der Waals surface area contributed by atoms with Crippen LogP contribution in [0.5, 0.6) is 11.5 Å². The Hall–Kier alpha value is -3.36. The zero-order chi connectivity index (χ0) is 25.8. The molecule has 1 atom stereocenters. The zero-order valence-corrected chi connectivity index (χ0v) is 20.1. The Bertz CT molecular complexity index is 1010. The number of rotatable bonds is 9. The van der Waals surface area contributed by atoms with E-state index >= 15 is 0 Å². The minimum atomic E-state index is -3.00. The molecule has 1 unspecified atom stereocenters. The number of nitriles is 1. The van der Waals surface area contributed by atoms with Crippen molar-refractivity contribution in [3.8, 4) is 28.8 Å². The Balaban J connectivity index is 0.00000100. The van der Waals surface area contributed by atoms with Crippen LogP contribution >= 0.6 is 0 Å². The highest BCUT2D eigenvalue weighted by Gasteiger charge is 2.23. The van der Waals surface area contributed by atoms with Gasteiger partial charge in [-0.15, -0.1) is 10.2 Å². The number of nitrogens with one attached hydrogen (secondary N) is 1. The van der Waals surface area contributed by atoms with E-state index in [-0.39, 0.29) is 28.8 Å². The van der Waals surface area contributed by atoms with Crippen LogP contribution in [-0.2, 0) is 9.53 Å². The molecule has 2 N–H and O–H groups in total. The van der Waals surface area contributed by atoms with Crippen molar-refractivity contribution in [2.24, 2.45) is 0 Å². The van der Waals surface area contributed by atoms with Gasteiger partial charge in [-0.1, -0.05) is 0 Å². The van der Waals surface area contributed by atoms with Crippen LogP contribution < -0.4 is 10.1 Å². The van der Waals surface area contributed by atoms with Crippen molar-refractivity contribution >= 4 is 12.1 Å². The number of phenolic OH excluding ortho intramolecular Hbond substituents is 1. The quantitative estimate of drug-likeness (QED) is 0.505. The lowest BCUT2D eigenvalue weighted by atomic mass is 10.0. The maximum atomic E-state index is 12.4. The molecular formula is C24H31F2N5O4. The Kier molecular flexibility index (Phi) is 11.3. The summed E-state index contributed by atoms with van der Waals surface area (Å²) in [5.41, 5.74) is 1.33. The number of benzene rings is 1. The van der Waals surface area contributed by atoms with Gasteiger partial charge in [-0.25, -0.2) is 0 Å². The second-order valence-corrected chi connectivity index (χ2v) is 7.88. The van der Waals surface area contributed by atoms with E-state index in [0.717, 1.165) is 44.9 Å². The van der Waals surface area contributed by atoms with E-state index in [9.17, 15) is 23.9 Å². The average molecular weight is 492 g/mol. The molecule has 1 saturated heterocycles. The third kappa shape index (κ3) is 8.12. The summed E-state index contributed by atoms with van der Waals surface area (Å²) in [5, 5.41) is 31.6. The Morgan fingerprint density at radius 3 is 2.74 bits per heavy atom. The molecule has 0 spiro atoms. The van der Waals surface area contributed by atoms with E-state index in [1.54, 1.807) is 14.0 Å². The molecule has 0 saturated carbocycles. The number of phenols is 1. The predicted octanol–water partition coefficient (Wildman–Crippen LogP) is 3.75. The van der Waals surface area contributed by atoms with Crippen LogP contribution in [0.3, 0.4) is 0 Å². The first-order valence-corrected chi connectivity index (χ1v) is 11.3. The molecule has 0 bridgehead atoms. The largest absolute Gasteiger partial charge is 0.507 e. The number of hydrogen-bond acceptors (Lipinski definition) is 9. The Labute approximate surface area is 203 Å². The topological polar surface area (TPSA) is 121 Å². The van der Waals surface area contributed by atoms with Crippen LogP contribution in [0.1, 0.15) is 37.3 Å². The zero-order valence-electron chi connectivity index (χ0n) is 20.1. The lowest BCUT2D eigenvalue weighted by Crippen LogP contribution is -2.42. The van der Waals surface area contributed by atoms with Crippen molar-refractivity contribution < 1.29 is 28.2 Å². The number of hydrogen-bond donors (Lipinski definition) is 2. The summed E-state index contributed by atoms with van der Waals surface area (Å²) in [6, 6.07) is 5.94. The number of anilines is 1. The van der Waals surface area contributed by atoms with E-state index in [2.05, 4.69) is 36.0 Å². The van der Waals surface area contributed by atoms with Crippen molar-refractivity contribution in [3.05, 3.63) is 29.3 Å². The van der Waals surface area contributed by atoms with Gasteiger partial charge in [-0.3, -0.25) is 0 Å². The smallest absolute Gasteiger partial charge is 0.387 e. The van der Waals surface area contributed by atoms with Crippen molar-refractivity contribution in [2.75, 3.05) is 38.7 Å². The second kappa shape index (κ2) is 14.1. The molecule has 11 heteroatoms. The van der Waals surface area contributed by atoms with Gasteiger partial charge in [0.1, 0.15) is 35.1 Å². The number of methoxy groups -OCH3 is 1. The van der Waals surface area contributed by atoms with Crippen LogP contribution in [0.2, 0.25) is 0 Å². The summed E-state index contributed by atoms with van der Waals surface area (Å²) in [7, 11) is 1.68. The monoisotopic (exact) mass is 491 g/mol. The fourth-order valence-electron chi connectivity index (χ4n) is 3.71. The van der Waals surface area contributed by atoms with Crippen LogP contribution in [-0.4, -0.2) is 72.5 Å². The maximum Gasteiger partial charge on any atom is 0.387 e. The molecule has 0 radical (unpaired) electrons. The Morgan fingerprint density at radius 1 is 1.40 bits per heavy atom. The van der Waals surface area contributed by atoms with Crippen LogP contribution in [0.15, 0.2) is 18.2 Å². The molecule has 1 aromatic carbocycles. The summed E-state index contributed by atoms with van der Waals surface area (Å²) in [6.07, 6.45) is 3.25. The van der Waals surface area contributed by atoms with Gasteiger partial charge < -0.3 is 29.6 Å². The van der Waals surface area contributed by atoms with Crippen molar-refractivity contribution in [1.29, 1.82) is 5.26 Å². The van der Waals surface area contributed by atoms with E-state index in [1.807, 2.05) is 6.92 Å². The number of aromatic nitrogens is 2. The second-order valence-electron chi connectivity index (χ2n) is 7.88. The maximum absolute atomic E-state index is 12.4. The number of halogens is 2. The number of aldehydes is 1. The van der Waals surface area contributed by atoms with Crippen LogP contribution in [0, 0.1) is 18.3 Å². The van der Waals surface area contributed by atoms with Gasteiger partial charge in [0.05, 0.1) is 0 Å². The highest BCUT2D eigenvalue weighted by atomic mass is 19.3. The number of nitrogens with zero attached hydrogens (tertiary/aromatic N) is 4. The van der Waals surface area contributed by atoms with E-state index in [1.165, 1.54) is 12.1 Å². The number of alkyl halides is 2. The molecule has 1 aliphatic rings. The fourth-order valence-corrected chi connectivity index (χ4v) is 3.71. The average Bonchev–Trinajstić information content (AvgIpc) is 2.84. The summed E-state index contributed by atoms with van der Waals surface area (Å²) < 4.78 is 33.6. The molecule has 2 aromatic rings. The summed E-state index contributed by atoms with van der Waals surface area (Å²) in [4.78, 5) is 12.8. The highest BCUT2D eigenvalue weighted by molar-refractivity contribution is 5.74. The summed E-state index contributed by atoms with van der Waals surface area (Å²) >= 11 is 0. The molecule has 9 nitrogen and oxygen atoms in total. The molecule has 190 valence electrons. The first-order valence-electron chi connectivity index (χ1n) is 11.3. The molecular weight excluding hydrogens is 460 g/mol. The third-order valence-electron chi connectivity index (χ3n) is 5.48. The number of aromatic hydroxyl groups is 1. The first-order chi connectivity index (χ1) is 16.8. The SMILES string of the molecule is CCOC.Cc1c(-c2ccc(OC(F)F)cc2O)nnc(NC2CCCN(CCC=O)C2)c1C#N. The third-order valence-corrected chi connectivity index (χ3v) is 5.48. The fraction of sp³-hybridized carbons (Fsp3) is 0.500. The van der Waals surface area contributed by atoms with E-state index in [0.29, 0.717) is 29.9 Å². The van der Waals surface area contributed by atoms with E-state index in [4.69, 9.17) is 0 Å². The van der Waals surface area contributed by atoms with E-state index < -0.39 is 6.61 Å². The molecule has 3 rings (SSSR count). The molecule has 1 fully saturated rings. The number of piperidine rings is 1. The molecule has 35 heavy (non-hydrogen) atoms. The summed E-state index contributed by atoms with van der Waals surface area (Å²) in [6.45, 7) is 3.81. The van der Waals surface area contributed by atoms with Crippen LogP contribution in [0.4, 0.5) is 14.6 Å². The van der Waals surface area contributed by atoms with Gasteiger partial charge in [0.2, 0.25) is 0 Å². The van der Waals surface area contributed by atoms with Crippen molar-refractivity contribution in [1.82, 2.24) is 15.1 Å². The van der Waals surface area contributed by atoms with Gasteiger partial charge in [0.25, 0.3) is 0 Å². The number of carbonyl (C=O) groups is 1. The molecule has 0 amide bonds. The van der Waals surface area contributed by atoms with Crippen molar-refractivity contribution in [3.63, 3.8) is 0 Å². The minimum absolute atomic E-state index is 0.0613. The summed E-state index contributed by atoms with van der Waals surface area (Å²) in [5.74, 6) is -0.140. The molecule has 1 aliphatic heterocycles. The lowest BCUT2D eigenvalue weighted by Gasteiger charge is -2.33. The molecule has 0 aliphatic carbocycles. The minimum Gasteiger partial charge on any atom is -0.507 e. The number of carbonyl (C=O) groups excluding carboxylic acids is 1. The first kappa shape index (κ1) is 27.9. The Morgan fingerprint density at radius 2 is 2.14 bits per heavy atom. The number of ether oxygens (including phenoxy) is 2. The van der Waals surface area contributed by atoms with Gasteiger partial charge in [0, 0.05) is 50.9 Å². The van der Waals surface area contributed by atoms with Gasteiger partial charge in [-0.05, 0) is 50.9 Å². The highest BCUT2D eigenvalue weighted by Crippen LogP contribution is 2.35. The van der Waals surface area contributed by atoms with Crippen LogP contribution in [0.25, 0.3) is 11.3 Å². The normalized spacial score (nSPS) is 15.6. The molecule has 1 aromatic heterocycles. The predicted molar refractivity (Wildman–Crippen MR) is 127 cm³/mol. The van der Waals surface area contributed by atoms with Gasteiger partial charge in [-0.2, -0.15) is 14.0 Å².